The van der Waals surface area contributed by atoms with Gasteiger partial charge in [-0.25, -0.2) is 9.97 Å². The number of carbonyl (C=O) groups is 2. The van der Waals surface area contributed by atoms with Crippen molar-refractivity contribution in [3.05, 3.63) is 35.0 Å². The fourth-order valence-electron chi connectivity index (χ4n) is 4.82. The second-order valence-corrected chi connectivity index (χ2v) is 8.81. The van der Waals surface area contributed by atoms with Crippen LogP contribution in [0.15, 0.2) is 18.2 Å². The van der Waals surface area contributed by atoms with Crippen LogP contribution in [0.25, 0.3) is 11.3 Å². The third-order valence-corrected chi connectivity index (χ3v) is 6.86. The smallest absolute Gasteiger partial charge is 0.290 e. The summed E-state index contributed by atoms with van der Waals surface area (Å²) in [5.41, 5.74) is 0.401. The van der Waals surface area contributed by atoms with E-state index in [1.807, 2.05) is 0 Å². The number of amides is 2. The van der Waals surface area contributed by atoms with E-state index < -0.39 is 23.5 Å². The minimum Gasteiger partial charge on any atom is -0.490 e. The Morgan fingerprint density at radius 3 is 2.79 bits per heavy atom. The number of hydrogen-bond donors (Lipinski definition) is 2. The lowest BCUT2D eigenvalue weighted by Gasteiger charge is -2.36. The summed E-state index contributed by atoms with van der Waals surface area (Å²) in [4.78, 5) is 36.0. The fourth-order valence-corrected chi connectivity index (χ4v) is 4.82. The Balaban J connectivity index is 1.58. The number of nitrogens with one attached hydrogen (secondary N) is 1. The van der Waals surface area contributed by atoms with E-state index in [0.717, 1.165) is 4.90 Å². The second kappa shape index (κ2) is 7.95. The topological polar surface area (TPSA) is 108 Å². The van der Waals surface area contributed by atoms with Gasteiger partial charge in [0.15, 0.2) is 5.54 Å². The highest BCUT2D eigenvalue weighted by Gasteiger charge is 2.49. The van der Waals surface area contributed by atoms with Crippen LogP contribution in [-0.4, -0.2) is 71.7 Å². The Morgan fingerprint density at radius 2 is 2.15 bits per heavy atom. The van der Waals surface area contributed by atoms with Crippen molar-refractivity contribution in [2.75, 3.05) is 38.2 Å². The van der Waals surface area contributed by atoms with Crippen molar-refractivity contribution >= 4 is 18.3 Å². The highest BCUT2D eigenvalue weighted by atomic mass is 19.3. The lowest BCUT2D eigenvalue weighted by molar-refractivity contribution is -0.144. The van der Waals surface area contributed by atoms with Crippen molar-refractivity contribution in [3.63, 3.8) is 0 Å². The number of imide groups is 1. The number of anilines is 1. The number of β-amino-alcohol motifs (C(OH)–C–C–N with tert-alkyl or cyclic N) is 1. The predicted octanol–water partition coefficient (Wildman–Crippen LogP) is 1.17. The Hall–Kier alpha value is -3.18. The Labute approximate surface area is 194 Å². The maximum atomic E-state index is 14.6. The molecule has 1 aliphatic carbocycles. The van der Waals surface area contributed by atoms with Crippen molar-refractivity contribution in [1.29, 1.82) is 0 Å². The average molecular weight is 473 g/mol. The summed E-state index contributed by atoms with van der Waals surface area (Å²) in [5.74, 6) is -2.91. The largest absolute Gasteiger partial charge is 0.490 e. The number of likely N-dealkylation sites (N-methyl/N-ethyl adjacent to an activating group) is 2. The van der Waals surface area contributed by atoms with Crippen LogP contribution in [0.1, 0.15) is 30.2 Å². The zero-order valence-corrected chi connectivity index (χ0v) is 18.8. The zero-order valence-electron chi connectivity index (χ0n) is 18.8. The molecular weight excluding hydrogens is 448 g/mol. The Bertz CT molecular complexity index is 1170. The van der Waals surface area contributed by atoms with Gasteiger partial charge in [-0.15, -0.1) is 0 Å². The van der Waals surface area contributed by atoms with Gasteiger partial charge in [-0.1, -0.05) is 12.1 Å². The van der Waals surface area contributed by atoms with Gasteiger partial charge in [-0.2, -0.15) is 8.78 Å². The summed E-state index contributed by atoms with van der Waals surface area (Å²) in [5, 5.41) is 12.6. The molecule has 2 amide bonds. The van der Waals surface area contributed by atoms with Crippen molar-refractivity contribution in [2.45, 2.75) is 37.3 Å². The van der Waals surface area contributed by atoms with Crippen LogP contribution >= 0.6 is 0 Å². The van der Waals surface area contributed by atoms with Crippen LogP contribution < -0.4 is 15.0 Å². The summed E-state index contributed by atoms with van der Waals surface area (Å²) in [7, 11) is 1.62. The number of aromatic nitrogens is 2. The first-order valence-corrected chi connectivity index (χ1v) is 11.2. The molecule has 34 heavy (non-hydrogen) atoms. The van der Waals surface area contributed by atoms with E-state index in [-0.39, 0.29) is 50.7 Å². The third kappa shape index (κ3) is 3.25. The maximum absolute atomic E-state index is 14.6. The number of fused-ring (bicyclic) bond motifs is 2. The summed E-state index contributed by atoms with van der Waals surface area (Å²) in [6.45, 7) is 2.48. The van der Waals surface area contributed by atoms with Crippen LogP contribution in [0, 0.1) is 0 Å². The first kappa shape index (κ1) is 22.6. The Kier molecular flexibility index (Phi) is 5.28. The van der Waals surface area contributed by atoms with E-state index in [9.17, 15) is 23.5 Å². The molecule has 180 valence electrons. The van der Waals surface area contributed by atoms with E-state index in [1.165, 1.54) is 0 Å². The number of halogens is 2. The van der Waals surface area contributed by atoms with Crippen LogP contribution in [0.4, 0.5) is 14.7 Å². The van der Waals surface area contributed by atoms with Crippen molar-refractivity contribution in [2.24, 2.45) is 0 Å². The predicted molar refractivity (Wildman–Crippen MR) is 118 cm³/mol. The van der Waals surface area contributed by atoms with Crippen LogP contribution in [0.3, 0.4) is 0 Å². The minimum absolute atomic E-state index is 0.0116. The normalized spacial score (nSPS) is 22.6. The second-order valence-electron chi connectivity index (χ2n) is 8.81. The fraction of sp³-hybridized carbons (Fsp3) is 0.478. The molecule has 3 aliphatic rings. The number of nitrogens with zero attached hydrogens (tertiary/aromatic N) is 4. The number of aliphatic hydroxyl groups excluding tert-OH is 1. The highest BCUT2D eigenvalue weighted by Crippen LogP contribution is 2.46. The zero-order chi connectivity index (χ0) is 24.3. The highest BCUT2D eigenvalue weighted by molar-refractivity contribution is 5.96. The molecule has 0 spiro atoms. The van der Waals surface area contributed by atoms with Gasteiger partial charge in [0, 0.05) is 42.7 Å². The van der Waals surface area contributed by atoms with E-state index in [1.54, 1.807) is 37.1 Å². The summed E-state index contributed by atoms with van der Waals surface area (Å²) in [6.07, 6.45) is -0.238. The molecule has 1 saturated heterocycles. The minimum atomic E-state index is -3.05. The molecule has 2 N–H and O–H groups in total. The molecule has 1 unspecified atom stereocenters. The number of aliphatic hydroxyl groups is 1. The number of ether oxygens (including phenoxy) is 1. The summed E-state index contributed by atoms with van der Waals surface area (Å²) < 4.78 is 35.1. The number of alkyl halides is 2. The van der Waals surface area contributed by atoms with Gasteiger partial charge >= 0.3 is 0 Å². The van der Waals surface area contributed by atoms with Crippen LogP contribution in [0.5, 0.6) is 5.75 Å². The van der Waals surface area contributed by atoms with Gasteiger partial charge < -0.3 is 14.7 Å². The van der Waals surface area contributed by atoms with Gasteiger partial charge in [0.25, 0.3) is 11.8 Å². The molecule has 1 aromatic heterocycles. The van der Waals surface area contributed by atoms with Gasteiger partial charge in [0.05, 0.1) is 11.8 Å². The molecule has 1 fully saturated rings. The van der Waals surface area contributed by atoms with Crippen molar-refractivity contribution in [1.82, 2.24) is 20.2 Å². The lowest BCUT2D eigenvalue weighted by Crippen LogP contribution is -2.55. The summed E-state index contributed by atoms with van der Waals surface area (Å²) >= 11 is 0. The number of rotatable bonds is 6. The van der Waals surface area contributed by atoms with Crippen LogP contribution in [-0.2, 0) is 27.5 Å². The molecule has 0 bridgehead atoms. The summed E-state index contributed by atoms with van der Waals surface area (Å²) in [6, 6.07) is 5.12. The number of hydrogen-bond acceptors (Lipinski definition) is 8. The molecule has 3 heterocycles. The first-order valence-electron chi connectivity index (χ1n) is 11.2. The molecule has 0 radical (unpaired) electrons. The molecule has 0 saturated carbocycles. The van der Waals surface area contributed by atoms with E-state index in [2.05, 4.69) is 15.3 Å². The quantitative estimate of drug-likeness (QED) is 0.603. The van der Waals surface area contributed by atoms with Gasteiger partial charge in [0.1, 0.15) is 18.1 Å². The van der Waals surface area contributed by atoms with Gasteiger partial charge in [-0.3, -0.25) is 19.8 Å². The molecule has 2 aliphatic heterocycles. The average Bonchev–Trinajstić information content (AvgIpc) is 3.34. The third-order valence-electron chi connectivity index (χ3n) is 6.86. The van der Waals surface area contributed by atoms with Crippen molar-refractivity contribution < 1.29 is 28.2 Å². The molecule has 1 aromatic carbocycles. The molecule has 5 rings (SSSR count). The molecule has 1 atom stereocenters. The van der Waals surface area contributed by atoms with Crippen molar-refractivity contribution in [3.8, 4) is 17.0 Å². The van der Waals surface area contributed by atoms with Gasteiger partial charge in [-0.05, 0) is 26.5 Å². The van der Waals surface area contributed by atoms with E-state index >= 15 is 0 Å². The number of carbonyl (C=O) groups excluding carboxylic acids is 2. The standard InChI is InChI=1S/C23H25F2N5O4/c1-3-29(12-31)20(33)22(26-2)11-34-17-8-13(4-5-16(17)22)18-15-6-7-23(24,25)19(15)28-21(27-18)30-9-14(32)10-30/h4-5,8,12,14,26,32H,3,6-7,9-11H2,1-2H3. The molecular formula is C23H25F2N5O4. The molecule has 11 heteroatoms. The SMILES string of the molecule is CCN(C=O)C(=O)C1(NC)COc2cc(-c3nc(N4CC(O)C4)nc4c3CCC4(F)F)ccc21. The molecule has 2 aromatic rings. The molecule has 9 nitrogen and oxygen atoms in total. The lowest BCUT2D eigenvalue weighted by atomic mass is 9.89. The Morgan fingerprint density at radius 1 is 1.38 bits per heavy atom. The van der Waals surface area contributed by atoms with E-state index in [4.69, 9.17) is 4.74 Å². The maximum Gasteiger partial charge on any atom is 0.290 e. The van der Waals surface area contributed by atoms with E-state index in [0.29, 0.717) is 34.5 Å². The van der Waals surface area contributed by atoms with Crippen LogP contribution in [0.2, 0.25) is 0 Å². The number of benzene rings is 1. The monoisotopic (exact) mass is 473 g/mol. The first-order chi connectivity index (χ1) is 16.2. The van der Waals surface area contributed by atoms with Gasteiger partial charge in [0.2, 0.25) is 12.4 Å².